The van der Waals surface area contributed by atoms with E-state index in [1.165, 1.54) is 0 Å². The number of benzene rings is 1. The van der Waals surface area contributed by atoms with Gasteiger partial charge in [0.05, 0.1) is 0 Å². The number of aryl methyl sites for hydroxylation is 1. The van der Waals surface area contributed by atoms with Gasteiger partial charge in [-0.15, -0.1) is 0 Å². The van der Waals surface area contributed by atoms with Crippen LogP contribution in [0.25, 0.3) is 0 Å². The molecule has 0 amide bonds. The number of carboxylic acid groups (broad SMARTS) is 7. The van der Waals surface area contributed by atoms with Crippen molar-refractivity contribution >= 4 is 47.5 Å². The number of aliphatic hydroxyl groups excluding tert-OH is 1. The maximum absolute atomic E-state index is 10.2. The predicted molar refractivity (Wildman–Crippen MR) is 173 cm³/mol. The zero-order valence-corrected chi connectivity index (χ0v) is 27.4. The summed E-state index contributed by atoms with van der Waals surface area (Å²) in [5.74, 6) is -7.51. The van der Waals surface area contributed by atoms with Gasteiger partial charge in [0.15, 0.2) is 6.10 Å². The first kappa shape index (κ1) is 48.5. The normalized spacial score (nSPS) is 15.2. The minimum atomic E-state index is -2.04. The molecule has 1 fully saturated rings. The molecule has 5 atom stereocenters. The molecule has 1 heterocycles. The van der Waals surface area contributed by atoms with Crippen LogP contribution in [0, 0.1) is 12.8 Å². The van der Waals surface area contributed by atoms with E-state index in [4.69, 9.17) is 58.1 Å². The van der Waals surface area contributed by atoms with Gasteiger partial charge in [-0.05, 0) is 56.7 Å². The number of rotatable bonds is 14. The topological polar surface area (TPSA) is 383 Å². The van der Waals surface area contributed by atoms with E-state index in [0.717, 1.165) is 30.6 Å². The standard InChI is InChI=1S/C9H11NO2.C6H13NO2.C5H9NO4.C5H9NO2.C4H7NO5/c1-7-4-2-3-5-8(7)10-6-9(11)12;1-4(2)3-5(7)6(8)9;6-3(5(9)10)1-2-4(7)8;7-5(8)4-2-1-3-6-4;5-1(3(7)8)2(6)4(9)10/h2-5,10H,6H2,1H3,(H,11,12);4-5H,3,7H2,1-2H3,(H,8,9);3H,1-2,6H2,(H,7,8)(H,9,10);4,6H,1-3H2,(H,7,8);1-2,6H,5H2,(H,7,8)(H,9,10). The highest BCUT2D eigenvalue weighted by molar-refractivity contribution is 5.84. The number of nitrogens with one attached hydrogen (secondary N) is 2. The summed E-state index contributed by atoms with van der Waals surface area (Å²) in [5.41, 5.74) is 16.9. The summed E-state index contributed by atoms with van der Waals surface area (Å²) < 4.78 is 0. The third-order valence-corrected chi connectivity index (χ3v) is 5.84. The lowest BCUT2D eigenvalue weighted by Crippen LogP contribution is -2.46. The lowest BCUT2D eigenvalue weighted by molar-refractivity contribution is -0.154. The van der Waals surface area contributed by atoms with Crippen LogP contribution in [0.3, 0.4) is 0 Å². The average molecular weight is 708 g/mol. The highest BCUT2D eigenvalue weighted by Crippen LogP contribution is 2.12. The molecule has 0 spiro atoms. The lowest BCUT2D eigenvalue weighted by atomic mass is 10.1. The molecule has 2 rings (SSSR count). The fourth-order valence-corrected chi connectivity index (χ4v) is 3.14. The van der Waals surface area contributed by atoms with Crippen LogP contribution in [0.5, 0.6) is 0 Å². The van der Waals surface area contributed by atoms with Crippen molar-refractivity contribution in [2.24, 2.45) is 23.1 Å². The van der Waals surface area contributed by atoms with Gasteiger partial charge in [-0.1, -0.05) is 32.0 Å². The molecule has 1 aliphatic rings. The van der Waals surface area contributed by atoms with Crippen LogP contribution in [0.2, 0.25) is 0 Å². The Morgan fingerprint density at radius 2 is 1.35 bits per heavy atom. The Morgan fingerprint density at radius 3 is 1.63 bits per heavy atom. The number of aliphatic carboxylic acids is 7. The van der Waals surface area contributed by atoms with E-state index < -0.39 is 66.0 Å². The van der Waals surface area contributed by atoms with Crippen LogP contribution < -0.4 is 27.8 Å². The molecule has 20 nitrogen and oxygen atoms in total. The molecule has 1 aliphatic heterocycles. The van der Waals surface area contributed by atoms with Gasteiger partial charge < -0.3 is 68.7 Å². The monoisotopic (exact) mass is 707 g/mol. The number of aliphatic hydroxyl groups is 1. The molecule has 280 valence electrons. The Morgan fingerprint density at radius 1 is 0.816 bits per heavy atom. The zero-order chi connectivity index (χ0) is 38.9. The number of hydrogen-bond acceptors (Lipinski definition) is 13. The smallest absolute Gasteiger partial charge is 0.334 e. The van der Waals surface area contributed by atoms with Crippen molar-refractivity contribution in [1.82, 2.24) is 5.32 Å². The number of carbonyl (C=O) groups is 7. The summed E-state index contributed by atoms with van der Waals surface area (Å²) >= 11 is 0. The predicted octanol–water partition coefficient (Wildman–Crippen LogP) is -1.13. The van der Waals surface area contributed by atoms with Gasteiger partial charge in [0.1, 0.15) is 30.7 Å². The van der Waals surface area contributed by atoms with E-state index in [1.807, 2.05) is 45.0 Å². The third-order valence-electron chi connectivity index (χ3n) is 5.84. The number of carboxylic acids is 7. The van der Waals surface area contributed by atoms with Crippen LogP contribution in [0.4, 0.5) is 5.69 Å². The molecular formula is C29H49N5O15. The minimum absolute atomic E-state index is 0.0231. The summed E-state index contributed by atoms with van der Waals surface area (Å²) in [5, 5.41) is 71.5. The Bertz CT molecular complexity index is 1170. The minimum Gasteiger partial charge on any atom is -0.481 e. The highest BCUT2D eigenvalue weighted by Gasteiger charge is 2.27. The average Bonchev–Trinajstić information content (AvgIpc) is 3.55. The number of hydrogen-bond donors (Lipinski definition) is 13. The van der Waals surface area contributed by atoms with E-state index in [2.05, 4.69) is 10.6 Å². The Kier molecular flexibility index (Phi) is 26.8. The fraction of sp³-hybridized carbons (Fsp3) is 0.552. The molecule has 0 aliphatic carbocycles. The summed E-state index contributed by atoms with van der Waals surface area (Å²) in [6, 6.07) is 3.80. The van der Waals surface area contributed by atoms with E-state index >= 15 is 0 Å². The van der Waals surface area contributed by atoms with Crippen LogP contribution in [-0.2, 0) is 33.6 Å². The van der Waals surface area contributed by atoms with Gasteiger partial charge in [0.25, 0.3) is 0 Å². The van der Waals surface area contributed by atoms with Crippen molar-refractivity contribution < 1.29 is 74.4 Å². The largest absolute Gasteiger partial charge is 0.481 e. The van der Waals surface area contributed by atoms with Gasteiger partial charge >= 0.3 is 41.8 Å². The van der Waals surface area contributed by atoms with Crippen LogP contribution in [-0.4, -0.2) is 126 Å². The number of nitrogens with two attached hydrogens (primary N) is 3. The SMILES string of the molecule is CC(C)CC(N)C(=O)O.Cc1ccccc1NCC(=O)O.NC(C(=O)O)C(O)C(=O)O.NC(CCC(=O)O)C(=O)O.O=C(O)C1CCCN1. The fourth-order valence-electron chi connectivity index (χ4n) is 3.14. The summed E-state index contributed by atoms with van der Waals surface area (Å²) in [7, 11) is 0. The van der Waals surface area contributed by atoms with Gasteiger partial charge in [0.2, 0.25) is 0 Å². The summed E-state index contributed by atoms with van der Waals surface area (Å²) in [4.78, 5) is 70.1. The Balaban J connectivity index is -0.000000543. The van der Waals surface area contributed by atoms with Crippen molar-refractivity contribution in [3.8, 4) is 0 Å². The quantitative estimate of drug-likeness (QED) is 0.109. The lowest BCUT2D eigenvalue weighted by Gasteiger charge is -2.08. The molecular weight excluding hydrogens is 658 g/mol. The Hall–Kier alpha value is -4.89. The molecule has 5 unspecified atom stereocenters. The molecule has 0 aromatic heterocycles. The summed E-state index contributed by atoms with van der Waals surface area (Å²) in [6.45, 7) is 6.65. The van der Waals surface area contributed by atoms with Crippen molar-refractivity contribution in [1.29, 1.82) is 0 Å². The van der Waals surface area contributed by atoms with Crippen molar-refractivity contribution in [2.75, 3.05) is 18.4 Å². The number of para-hydroxylation sites is 1. The number of anilines is 1. The van der Waals surface area contributed by atoms with Crippen LogP contribution in [0.1, 0.15) is 51.5 Å². The van der Waals surface area contributed by atoms with Gasteiger partial charge in [-0.25, -0.2) is 4.79 Å². The van der Waals surface area contributed by atoms with Crippen molar-refractivity contribution in [2.45, 2.75) is 83.1 Å². The van der Waals surface area contributed by atoms with Crippen molar-refractivity contribution in [3.05, 3.63) is 29.8 Å². The molecule has 1 saturated heterocycles. The van der Waals surface area contributed by atoms with E-state index in [1.54, 1.807) is 0 Å². The Labute approximate surface area is 281 Å². The zero-order valence-electron chi connectivity index (χ0n) is 27.4. The van der Waals surface area contributed by atoms with E-state index in [-0.39, 0.29) is 25.4 Å². The molecule has 20 heteroatoms. The second-order valence-electron chi connectivity index (χ2n) is 10.6. The molecule has 1 aromatic carbocycles. The van der Waals surface area contributed by atoms with Crippen LogP contribution >= 0.6 is 0 Å². The van der Waals surface area contributed by atoms with Crippen molar-refractivity contribution in [3.63, 3.8) is 0 Å². The molecule has 16 N–H and O–H groups in total. The molecule has 0 saturated carbocycles. The first-order chi connectivity index (χ1) is 22.5. The van der Waals surface area contributed by atoms with E-state index in [0.29, 0.717) is 12.3 Å². The third kappa shape index (κ3) is 27.9. The second kappa shape index (κ2) is 27.1. The van der Waals surface area contributed by atoms with Gasteiger partial charge in [-0.3, -0.25) is 28.8 Å². The van der Waals surface area contributed by atoms with Gasteiger partial charge in [-0.2, -0.15) is 0 Å². The highest BCUT2D eigenvalue weighted by atomic mass is 16.4. The summed E-state index contributed by atoms with van der Waals surface area (Å²) in [6.07, 6.45) is 0.0669. The maximum atomic E-state index is 10.2. The molecule has 49 heavy (non-hydrogen) atoms. The second-order valence-corrected chi connectivity index (χ2v) is 10.6. The first-order valence-electron chi connectivity index (χ1n) is 14.6. The molecule has 1 aromatic rings. The maximum Gasteiger partial charge on any atom is 0.334 e. The molecule has 0 radical (unpaired) electrons. The molecule has 0 bridgehead atoms. The van der Waals surface area contributed by atoms with E-state index in [9.17, 15) is 33.6 Å². The van der Waals surface area contributed by atoms with Crippen LogP contribution in [0.15, 0.2) is 24.3 Å². The van der Waals surface area contributed by atoms with Gasteiger partial charge in [0, 0.05) is 12.1 Å². The first-order valence-corrected chi connectivity index (χ1v) is 14.6.